The fourth-order valence-electron chi connectivity index (χ4n) is 4.65. The van der Waals surface area contributed by atoms with Crippen molar-refractivity contribution in [3.05, 3.63) is 54.0 Å². The first-order valence-corrected chi connectivity index (χ1v) is 11.3. The molecule has 31 heavy (non-hydrogen) atoms. The standard InChI is InChI=1S/C22H26N8S/c1-14(23)31-21(24)15-3-2-4-19(7-15)28-22-20-16(5-6-30(20)27-13-26-22)10-29-11-17-8-25-9-18(17)12-29/h2-7,13,17-18,23-25H,8-12H2,1H3,(H,26,27,28). The summed E-state index contributed by atoms with van der Waals surface area (Å²) in [5.74, 6) is 2.29. The molecule has 4 heterocycles. The van der Waals surface area contributed by atoms with Crippen LogP contribution in [0.25, 0.3) is 5.52 Å². The second-order valence-electron chi connectivity index (χ2n) is 8.31. The minimum Gasteiger partial charge on any atom is -0.338 e. The maximum atomic E-state index is 8.21. The zero-order chi connectivity index (χ0) is 21.4. The number of hydrogen-bond acceptors (Lipinski definition) is 8. The summed E-state index contributed by atoms with van der Waals surface area (Å²) in [6, 6.07) is 9.83. The van der Waals surface area contributed by atoms with Crippen molar-refractivity contribution in [1.82, 2.24) is 24.8 Å². The summed E-state index contributed by atoms with van der Waals surface area (Å²) in [4.78, 5) is 7.07. The van der Waals surface area contributed by atoms with Crippen molar-refractivity contribution in [1.29, 1.82) is 10.8 Å². The largest absolute Gasteiger partial charge is 0.338 e. The van der Waals surface area contributed by atoms with Gasteiger partial charge in [0, 0.05) is 37.1 Å². The molecule has 0 aliphatic carbocycles. The summed E-state index contributed by atoms with van der Waals surface area (Å²) in [5, 5.41) is 27.9. The second kappa shape index (κ2) is 8.41. The maximum Gasteiger partial charge on any atom is 0.158 e. The van der Waals surface area contributed by atoms with Crippen LogP contribution in [0, 0.1) is 22.7 Å². The number of fused-ring (bicyclic) bond motifs is 2. The van der Waals surface area contributed by atoms with Crippen LogP contribution >= 0.6 is 11.8 Å². The third kappa shape index (κ3) is 4.21. The number of likely N-dealkylation sites (tertiary alicyclic amines) is 1. The van der Waals surface area contributed by atoms with E-state index in [0.717, 1.165) is 78.9 Å². The van der Waals surface area contributed by atoms with Crippen LogP contribution in [0.3, 0.4) is 0 Å². The minimum atomic E-state index is 0.362. The van der Waals surface area contributed by atoms with Crippen LogP contribution in [0.4, 0.5) is 11.5 Å². The van der Waals surface area contributed by atoms with E-state index in [1.165, 1.54) is 5.56 Å². The first-order valence-electron chi connectivity index (χ1n) is 10.5. The number of benzene rings is 1. The molecule has 5 rings (SSSR count). The molecule has 2 aliphatic heterocycles. The van der Waals surface area contributed by atoms with E-state index in [1.54, 1.807) is 13.3 Å². The number of rotatable bonds is 5. The third-order valence-electron chi connectivity index (χ3n) is 6.04. The monoisotopic (exact) mass is 434 g/mol. The Hall–Kier alpha value is -2.75. The van der Waals surface area contributed by atoms with E-state index in [1.807, 2.05) is 35.0 Å². The van der Waals surface area contributed by atoms with Crippen LogP contribution in [0.15, 0.2) is 42.9 Å². The summed E-state index contributed by atoms with van der Waals surface area (Å²) in [6.45, 7) is 7.13. The molecule has 0 saturated carbocycles. The van der Waals surface area contributed by atoms with Crippen LogP contribution in [0.2, 0.25) is 0 Å². The van der Waals surface area contributed by atoms with E-state index >= 15 is 0 Å². The smallest absolute Gasteiger partial charge is 0.158 e. The summed E-state index contributed by atoms with van der Waals surface area (Å²) in [6.07, 6.45) is 3.55. The number of nitrogens with zero attached hydrogens (tertiary/aromatic N) is 4. The molecule has 0 bridgehead atoms. The van der Waals surface area contributed by atoms with Crippen molar-refractivity contribution < 1.29 is 0 Å². The predicted octanol–water partition coefficient (Wildman–Crippen LogP) is 3.18. The Morgan fingerprint density at radius 1 is 1.23 bits per heavy atom. The van der Waals surface area contributed by atoms with Crippen molar-refractivity contribution in [3.63, 3.8) is 0 Å². The molecule has 0 spiro atoms. The highest BCUT2D eigenvalue weighted by Gasteiger charge is 2.36. The molecule has 2 fully saturated rings. The van der Waals surface area contributed by atoms with Gasteiger partial charge < -0.3 is 10.6 Å². The fourth-order valence-corrected chi connectivity index (χ4v) is 5.20. The molecule has 2 saturated heterocycles. The molecule has 2 atom stereocenters. The lowest BCUT2D eigenvalue weighted by atomic mass is 10.0. The molecule has 4 N–H and O–H groups in total. The maximum absolute atomic E-state index is 8.21. The number of thioether (sulfide) groups is 1. The third-order valence-corrected chi connectivity index (χ3v) is 6.79. The van der Waals surface area contributed by atoms with Crippen LogP contribution in [-0.2, 0) is 6.54 Å². The Balaban J connectivity index is 1.39. The highest BCUT2D eigenvalue weighted by molar-refractivity contribution is 8.26. The Morgan fingerprint density at radius 2 is 2.03 bits per heavy atom. The van der Waals surface area contributed by atoms with Gasteiger partial charge in [-0.05, 0) is 55.6 Å². The molecular formula is C22H26N8S. The van der Waals surface area contributed by atoms with Crippen LogP contribution in [0.1, 0.15) is 18.1 Å². The van der Waals surface area contributed by atoms with Gasteiger partial charge in [-0.1, -0.05) is 23.9 Å². The molecule has 0 amide bonds. The lowest BCUT2D eigenvalue weighted by Crippen LogP contribution is -2.25. The highest BCUT2D eigenvalue weighted by atomic mass is 32.2. The van der Waals surface area contributed by atoms with Gasteiger partial charge in [0.25, 0.3) is 0 Å². The summed E-state index contributed by atoms with van der Waals surface area (Å²) < 4.78 is 1.88. The molecule has 160 valence electrons. The average Bonchev–Trinajstić information content (AvgIpc) is 3.44. The Labute approximate surface area is 185 Å². The molecule has 1 aromatic carbocycles. The van der Waals surface area contributed by atoms with Crippen molar-refractivity contribution in [2.75, 3.05) is 31.5 Å². The van der Waals surface area contributed by atoms with Crippen LogP contribution < -0.4 is 10.6 Å². The lowest BCUT2D eigenvalue weighted by Gasteiger charge is -2.17. The van der Waals surface area contributed by atoms with E-state index in [9.17, 15) is 0 Å². The Morgan fingerprint density at radius 3 is 2.81 bits per heavy atom. The van der Waals surface area contributed by atoms with E-state index in [-0.39, 0.29) is 0 Å². The van der Waals surface area contributed by atoms with Crippen molar-refractivity contribution in [3.8, 4) is 0 Å². The quantitative estimate of drug-likeness (QED) is 0.363. The van der Waals surface area contributed by atoms with E-state index < -0.39 is 0 Å². The number of aromatic nitrogens is 3. The Kier molecular flexibility index (Phi) is 5.47. The van der Waals surface area contributed by atoms with Crippen LogP contribution in [0.5, 0.6) is 0 Å². The summed E-state index contributed by atoms with van der Waals surface area (Å²) in [7, 11) is 0. The van der Waals surface area contributed by atoms with Crippen molar-refractivity contribution in [2.24, 2.45) is 11.8 Å². The van der Waals surface area contributed by atoms with Crippen molar-refractivity contribution in [2.45, 2.75) is 13.5 Å². The summed E-state index contributed by atoms with van der Waals surface area (Å²) in [5.41, 5.74) is 3.84. The molecule has 2 aromatic heterocycles. The van der Waals surface area contributed by atoms with Gasteiger partial charge >= 0.3 is 0 Å². The van der Waals surface area contributed by atoms with Gasteiger partial charge in [-0.2, -0.15) is 5.10 Å². The van der Waals surface area contributed by atoms with E-state index in [0.29, 0.717) is 10.1 Å². The molecule has 9 heteroatoms. The Bertz CT molecular complexity index is 1130. The van der Waals surface area contributed by atoms with E-state index in [4.69, 9.17) is 10.8 Å². The van der Waals surface area contributed by atoms with Gasteiger partial charge in [-0.15, -0.1) is 0 Å². The van der Waals surface area contributed by atoms with Gasteiger partial charge in [-0.25, -0.2) is 9.50 Å². The topological polar surface area (TPSA) is 105 Å². The molecule has 2 unspecified atom stereocenters. The summed E-state index contributed by atoms with van der Waals surface area (Å²) >= 11 is 1.15. The fraction of sp³-hybridized carbons (Fsp3) is 0.364. The van der Waals surface area contributed by atoms with Gasteiger partial charge in [-0.3, -0.25) is 15.7 Å². The first-order chi connectivity index (χ1) is 15.1. The highest BCUT2D eigenvalue weighted by Crippen LogP contribution is 2.30. The van der Waals surface area contributed by atoms with Crippen LogP contribution in [-0.4, -0.2) is 55.8 Å². The number of anilines is 2. The first kappa shape index (κ1) is 20.2. The average molecular weight is 435 g/mol. The van der Waals surface area contributed by atoms with Gasteiger partial charge in [0.2, 0.25) is 0 Å². The lowest BCUT2D eigenvalue weighted by molar-refractivity contribution is 0.307. The van der Waals surface area contributed by atoms with E-state index in [2.05, 4.69) is 31.7 Å². The molecular weight excluding hydrogens is 408 g/mol. The molecule has 2 aliphatic rings. The molecule has 8 nitrogen and oxygen atoms in total. The van der Waals surface area contributed by atoms with Gasteiger partial charge in [0.1, 0.15) is 16.9 Å². The second-order valence-corrected chi connectivity index (χ2v) is 9.53. The minimum absolute atomic E-state index is 0.362. The normalized spacial score (nSPS) is 20.8. The number of hydrogen-bond donors (Lipinski definition) is 4. The molecule has 0 radical (unpaired) electrons. The predicted molar refractivity (Wildman–Crippen MR) is 126 cm³/mol. The van der Waals surface area contributed by atoms with Gasteiger partial charge in [0.05, 0.1) is 5.04 Å². The zero-order valence-corrected chi connectivity index (χ0v) is 18.2. The van der Waals surface area contributed by atoms with Crippen molar-refractivity contribution >= 4 is 38.9 Å². The molecule has 3 aromatic rings. The zero-order valence-electron chi connectivity index (χ0n) is 17.4. The van der Waals surface area contributed by atoms with Gasteiger partial charge in [0.15, 0.2) is 5.82 Å². The SMILES string of the molecule is CC(=N)SC(=N)c1cccc(Nc2ncnn3ccc(CN4CC5CNCC5C4)c23)c1. The number of nitrogens with one attached hydrogen (secondary N) is 4.